The smallest absolute Gasteiger partial charge is 0.0488 e. The summed E-state index contributed by atoms with van der Waals surface area (Å²) in [4.78, 5) is 0. The molecule has 0 aromatic heterocycles. The average Bonchev–Trinajstić information content (AvgIpc) is 1.12. The summed E-state index contributed by atoms with van der Waals surface area (Å²) in [6.45, 7) is 4.00. The Morgan fingerprint density at radius 2 is 0.778 bits per heavy atom. The van der Waals surface area contributed by atoms with Gasteiger partial charge in [0.2, 0.25) is 0 Å². The molecule has 3 N–H and O–H groups in total. The molecular formula is C6H15NO2. The zero-order valence-corrected chi connectivity index (χ0v) is 5.77. The van der Waals surface area contributed by atoms with E-state index in [-0.39, 0.29) is 6.15 Å². The Morgan fingerprint density at radius 1 is 0.667 bits per heavy atom. The number of rotatable bonds is 0. The van der Waals surface area contributed by atoms with Crippen molar-refractivity contribution >= 4 is 0 Å². The van der Waals surface area contributed by atoms with Gasteiger partial charge in [-0.15, -0.1) is 0 Å². The van der Waals surface area contributed by atoms with Crippen LogP contribution in [0.5, 0.6) is 0 Å². The van der Waals surface area contributed by atoms with Gasteiger partial charge >= 0.3 is 0 Å². The molecule has 0 atom stereocenters. The zero-order valence-electron chi connectivity index (χ0n) is 5.77. The summed E-state index contributed by atoms with van der Waals surface area (Å²) in [5.74, 6) is 0. The molecule has 0 bridgehead atoms. The summed E-state index contributed by atoms with van der Waals surface area (Å²) in [5.41, 5.74) is 0. The summed E-state index contributed by atoms with van der Waals surface area (Å²) >= 11 is 0. The normalized spacial score (nSPS) is 21.3. The summed E-state index contributed by atoms with van der Waals surface area (Å²) in [6, 6.07) is 0. The van der Waals surface area contributed by atoms with E-state index in [1.807, 2.05) is 0 Å². The molecule has 3 heteroatoms. The molecule has 56 valence electrons. The molecule has 0 radical (unpaired) electrons. The van der Waals surface area contributed by atoms with Gasteiger partial charge < -0.3 is 15.6 Å². The molecule has 0 aromatic rings. The van der Waals surface area contributed by atoms with Crippen LogP contribution in [0.2, 0.25) is 0 Å². The number of ether oxygens (including phenoxy) is 2. The van der Waals surface area contributed by atoms with Crippen LogP contribution in [0.15, 0.2) is 0 Å². The molecule has 0 spiro atoms. The highest BCUT2D eigenvalue weighted by molar-refractivity contribution is 4.41. The Labute approximate surface area is 55.9 Å². The summed E-state index contributed by atoms with van der Waals surface area (Å²) < 4.78 is 9.44. The Kier molecular flexibility index (Phi) is 5.93. The van der Waals surface area contributed by atoms with E-state index in [0.717, 1.165) is 26.4 Å². The lowest BCUT2D eigenvalue weighted by atomic mass is 10.4. The van der Waals surface area contributed by atoms with Crippen LogP contribution in [-0.4, -0.2) is 26.4 Å². The van der Waals surface area contributed by atoms with Crippen molar-refractivity contribution in [2.45, 2.75) is 12.8 Å². The van der Waals surface area contributed by atoms with Crippen molar-refractivity contribution < 1.29 is 9.47 Å². The largest absolute Gasteiger partial charge is 0.381 e. The molecule has 0 saturated carbocycles. The summed E-state index contributed by atoms with van der Waals surface area (Å²) in [5, 5.41) is 0. The van der Waals surface area contributed by atoms with E-state index >= 15 is 0 Å². The summed E-state index contributed by atoms with van der Waals surface area (Å²) in [6.07, 6.45) is 2.56. The molecule has 0 aromatic carbocycles. The van der Waals surface area contributed by atoms with Crippen LogP contribution in [-0.2, 0) is 9.47 Å². The first-order valence-electron chi connectivity index (χ1n) is 3.15. The molecule has 0 aliphatic carbocycles. The molecule has 2 heterocycles. The SMILES string of the molecule is C1COC1.C1COC1.N. The van der Waals surface area contributed by atoms with Gasteiger partial charge in [0.1, 0.15) is 0 Å². The zero-order chi connectivity index (χ0) is 5.66. The van der Waals surface area contributed by atoms with Crippen LogP contribution >= 0.6 is 0 Å². The van der Waals surface area contributed by atoms with Crippen LogP contribution in [0.4, 0.5) is 0 Å². The Bertz CT molecular complexity index is 35.0. The second kappa shape index (κ2) is 6.01. The minimum atomic E-state index is 0. The first-order chi connectivity index (χ1) is 4.00. The maximum atomic E-state index is 4.72. The molecule has 3 nitrogen and oxygen atoms in total. The van der Waals surface area contributed by atoms with Crippen molar-refractivity contribution in [3.63, 3.8) is 0 Å². The summed E-state index contributed by atoms with van der Waals surface area (Å²) in [7, 11) is 0. The van der Waals surface area contributed by atoms with E-state index in [0.29, 0.717) is 0 Å². The predicted octanol–water partition coefficient (Wildman–Crippen LogP) is 0.975. The van der Waals surface area contributed by atoms with Gasteiger partial charge in [-0.3, -0.25) is 0 Å². The van der Waals surface area contributed by atoms with E-state index in [2.05, 4.69) is 0 Å². The van der Waals surface area contributed by atoms with Gasteiger partial charge in [-0.1, -0.05) is 0 Å². The van der Waals surface area contributed by atoms with Gasteiger partial charge in [0.15, 0.2) is 0 Å². The Balaban J connectivity index is 0.000000128. The number of hydrogen-bond acceptors (Lipinski definition) is 3. The molecule has 9 heavy (non-hydrogen) atoms. The molecule has 2 rings (SSSR count). The fraction of sp³-hybridized carbons (Fsp3) is 1.00. The monoisotopic (exact) mass is 133 g/mol. The average molecular weight is 133 g/mol. The first kappa shape index (κ1) is 8.88. The van der Waals surface area contributed by atoms with Crippen molar-refractivity contribution in [2.24, 2.45) is 0 Å². The van der Waals surface area contributed by atoms with Crippen molar-refractivity contribution in [1.29, 1.82) is 0 Å². The van der Waals surface area contributed by atoms with Crippen LogP contribution in [0.1, 0.15) is 12.8 Å². The fourth-order valence-electron chi connectivity index (χ4n) is 0.289. The molecule has 2 fully saturated rings. The second-order valence-electron chi connectivity index (χ2n) is 1.93. The molecule has 2 aliphatic rings. The third-order valence-electron chi connectivity index (χ3n) is 1.15. The fourth-order valence-corrected chi connectivity index (χ4v) is 0.289. The van der Waals surface area contributed by atoms with Gasteiger partial charge in [0.05, 0.1) is 0 Å². The first-order valence-corrected chi connectivity index (χ1v) is 3.15. The molecular weight excluding hydrogens is 118 g/mol. The molecule has 0 unspecified atom stereocenters. The van der Waals surface area contributed by atoms with Crippen LogP contribution in [0, 0.1) is 0 Å². The van der Waals surface area contributed by atoms with Crippen LogP contribution in [0.3, 0.4) is 0 Å². The molecule has 0 amide bonds. The number of hydrogen-bond donors (Lipinski definition) is 1. The van der Waals surface area contributed by atoms with Crippen molar-refractivity contribution in [2.75, 3.05) is 26.4 Å². The van der Waals surface area contributed by atoms with E-state index in [1.54, 1.807) is 0 Å². The van der Waals surface area contributed by atoms with Crippen molar-refractivity contribution in [3.8, 4) is 0 Å². The van der Waals surface area contributed by atoms with E-state index in [1.165, 1.54) is 12.8 Å². The Hall–Kier alpha value is -0.120. The van der Waals surface area contributed by atoms with Gasteiger partial charge in [-0.25, -0.2) is 0 Å². The lowest BCUT2D eigenvalue weighted by Gasteiger charge is -2.09. The maximum Gasteiger partial charge on any atom is 0.0488 e. The molecule has 2 aliphatic heterocycles. The van der Waals surface area contributed by atoms with Gasteiger partial charge in [0, 0.05) is 26.4 Å². The Morgan fingerprint density at radius 3 is 0.778 bits per heavy atom. The standard InChI is InChI=1S/2C3H6O.H3N/c2*1-2-4-3-1;/h2*1-3H2;1H3. The predicted molar refractivity (Wildman–Crippen MR) is 35.9 cm³/mol. The van der Waals surface area contributed by atoms with Gasteiger partial charge in [0.25, 0.3) is 0 Å². The van der Waals surface area contributed by atoms with E-state index < -0.39 is 0 Å². The highest BCUT2D eigenvalue weighted by Gasteiger charge is 1.94. The van der Waals surface area contributed by atoms with Crippen molar-refractivity contribution in [3.05, 3.63) is 0 Å². The topological polar surface area (TPSA) is 53.5 Å². The molecule has 2 saturated heterocycles. The van der Waals surface area contributed by atoms with Gasteiger partial charge in [-0.05, 0) is 12.8 Å². The van der Waals surface area contributed by atoms with E-state index in [9.17, 15) is 0 Å². The van der Waals surface area contributed by atoms with Gasteiger partial charge in [-0.2, -0.15) is 0 Å². The van der Waals surface area contributed by atoms with Crippen LogP contribution in [0.25, 0.3) is 0 Å². The second-order valence-corrected chi connectivity index (χ2v) is 1.93. The maximum absolute atomic E-state index is 4.72. The highest BCUT2D eigenvalue weighted by atomic mass is 16.5. The lowest BCUT2D eigenvalue weighted by molar-refractivity contribution is 0.0366. The lowest BCUT2D eigenvalue weighted by Crippen LogP contribution is -2.09. The minimum absolute atomic E-state index is 0. The third-order valence-corrected chi connectivity index (χ3v) is 1.15. The highest BCUT2D eigenvalue weighted by Crippen LogP contribution is 1.93. The van der Waals surface area contributed by atoms with Crippen molar-refractivity contribution in [1.82, 2.24) is 6.15 Å². The van der Waals surface area contributed by atoms with Crippen LogP contribution < -0.4 is 6.15 Å². The quantitative estimate of drug-likeness (QED) is 0.535. The minimum Gasteiger partial charge on any atom is -0.381 e. The third kappa shape index (κ3) is 4.39. The van der Waals surface area contributed by atoms with E-state index in [4.69, 9.17) is 9.47 Å².